The molecule has 0 saturated heterocycles. The van der Waals surface area contributed by atoms with Gasteiger partial charge in [-0.05, 0) is 10.1 Å². The van der Waals surface area contributed by atoms with Crippen LogP contribution in [0.15, 0.2) is 24.3 Å². The van der Waals surface area contributed by atoms with Crippen molar-refractivity contribution in [1.82, 2.24) is 0 Å². The molecule has 1 aromatic carbocycles. The predicted molar refractivity (Wildman–Crippen MR) is 192 cm³/mol. The van der Waals surface area contributed by atoms with Gasteiger partial charge in [0.25, 0.3) is 0 Å². The largest absolute Gasteiger partial charge is 3.00 e. The zero-order chi connectivity index (χ0) is 29.6. The summed E-state index contributed by atoms with van der Waals surface area (Å²) in [7, 11) is -5.25. The van der Waals surface area contributed by atoms with Gasteiger partial charge >= 0.3 is 40.8 Å². The number of hydrogen-bond acceptors (Lipinski definition) is 0. The quantitative estimate of drug-likeness (QED) is 0.205. The summed E-state index contributed by atoms with van der Waals surface area (Å²) >= 11 is 0. The number of hydrogen-bond donors (Lipinski definition) is 0. The Hall–Kier alpha value is 1.53. The van der Waals surface area contributed by atoms with E-state index >= 15 is 0 Å². The number of rotatable bonds is 6. The molecule has 0 fully saturated rings. The number of nitrogens with zero attached hydrogens (tertiary/aromatic N) is 2. The molecule has 38 heavy (non-hydrogen) atoms. The SMILES string of the molecule is CC(C)(C)[Si](C)(C)C1=[C-]C([Si](C)(C)C(C)(C)C)c2ccccc21.C[SiH](C)[N-][SiH](C)C.C[SiH](C)[N-][SiH](C)C.[Nd+3]. The van der Waals surface area contributed by atoms with E-state index in [1.54, 1.807) is 10.8 Å². The summed E-state index contributed by atoms with van der Waals surface area (Å²) in [5.74, 6) is 0. The molecule has 2 rings (SSSR count). The van der Waals surface area contributed by atoms with Crippen LogP contribution in [0.5, 0.6) is 0 Å². The molecule has 1 aliphatic carbocycles. The second-order valence-corrected chi connectivity index (χ2v) is 37.0. The molecule has 1 unspecified atom stereocenters. The molecule has 0 spiro atoms. The third-order valence-electron chi connectivity index (χ3n) is 8.18. The summed E-state index contributed by atoms with van der Waals surface area (Å²) in [5.41, 5.74) is 3.59. The molecule has 0 bridgehead atoms. The van der Waals surface area contributed by atoms with Gasteiger partial charge in [-0.3, -0.25) is 6.08 Å². The summed E-state index contributed by atoms with van der Waals surface area (Å²) in [6.45, 7) is 42.8. The van der Waals surface area contributed by atoms with Gasteiger partial charge in [-0.15, -0.1) is 11.6 Å². The molecule has 0 N–H and O–H groups in total. The normalized spacial score (nSPS) is 15.9. The summed E-state index contributed by atoms with van der Waals surface area (Å²) in [5, 5.41) is 2.31. The molecule has 0 saturated carbocycles. The first kappa shape index (κ1) is 41.7. The van der Waals surface area contributed by atoms with Crippen LogP contribution in [0.4, 0.5) is 0 Å². The van der Waals surface area contributed by atoms with Crippen LogP contribution < -0.4 is 0 Å². The molecule has 1 atom stereocenters. The summed E-state index contributed by atoms with van der Waals surface area (Å²) in [4.78, 5) is 0. The molecule has 2 nitrogen and oxygen atoms in total. The van der Waals surface area contributed by atoms with Crippen molar-refractivity contribution in [3.63, 3.8) is 0 Å². The van der Waals surface area contributed by atoms with Gasteiger partial charge in [-0.2, -0.15) is 5.56 Å². The van der Waals surface area contributed by atoms with Gasteiger partial charge in [-0.1, -0.05) is 180 Å². The van der Waals surface area contributed by atoms with Crippen molar-refractivity contribution in [2.45, 2.75) is 136 Å². The van der Waals surface area contributed by atoms with Crippen LogP contribution in [-0.2, 0) is 0 Å². The van der Waals surface area contributed by atoms with E-state index < -0.39 is 52.0 Å². The van der Waals surface area contributed by atoms with E-state index in [1.807, 2.05) is 0 Å². The molecule has 9 heteroatoms. The average Bonchev–Trinajstić information content (AvgIpc) is 3.06. The number of allylic oxidation sites excluding steroid dienone is 1. The molecule has 0 aromatic heterocycles. The third-order valence-corrected chi connectivity index (χ3v) is 28.9. The molecule has 1 radical (unpaired) electrons. The Morgan fingerprint density at radius 3 is 1.32 bits per heavy atom. The standard InChI is InChI=1S/C21H35Si2.2C4H14NSi2.Nd/c1-20(2,3)22(7,8)18-15-19(23(9,10)21(4,5)6)17-14-12-11-13-16(17)18;2*1-6(2)5-7(3)4;/h11-14,18H,1-10H3;2*6-7H,1-4H3;/q3*-1;+3. The molecular formula is C29H63N2NdSi6. The van der Waals surface area contributed by atoms with Crippen molar-refractivity contribution in [1.29, 1.82) is 0 Å². The predicted octanol–water partition coefficient (Wildman–Crippen LogP) is 9.72. The van der Waals surface area contributed by atoms with Gasteiger partial charge in [0, 0.05) is 16.1 Å². The molecule has 1 aromatic rings. The maximum absolute atomic E-state index is 4.56. The molecule has 217 valence electrons. The second-order valence-electron chi connectivity index (χ2n) is 15.1. The maximum atomic E-state index is 4.56. The minimum Gasteiger partial charge on any atom is -0.672 e. The van der Waals surface area contributed by atoms with E-state index in [1.165, 1.54) is 5.56 Å². The smallest absolute Gasteiger partial charge is 0.672 e. The van der Waals surface area contributed by atoms with Crippen molar-refractivity contribution >= 4 is 57.2 Å². The first-order chi connectivity index (χ1) is 16.5. The zero-order valence-electron chi connectivity index (χ0n) is 28.6. The Kier molecular flexibility index (Phi) is 18.6. The molecule has 0 heterocycles. The van der Waals surface area contributed by atoms with Crippen molar-refractivity contribution in [2.75, 3.05) is 0 Å². The van der Waals surface area contributed by atoms with Crippen LogP contribution >= 0.6 is 0 Å². The molecule has 1 aliphatic rings. The average molecular weight is 753 g/mol. The van der Waals surface area contributed by atoms with Crippen LogP contribution in [0.1, 0.15) is 58.2 Å². The van der Waals surface area contributed by atoms with E-state index in [9.17, 15) is 0 Å². The van der Waals surface area contributed by atoms with Crippen molar-refractivity contribution in [3.8, 4) is 0 Å². The van der Waals surface area contributed by atoms with E-state index in [0.29, 0.717) is 15.6 Å². The Morgan fingerprint density at radius 2 is 1.03 bits per heavy atom. The maximum Gasteiger partial charge on any atom is 3.00 e. The Labute approximate surface area is 281 Å². The van der Waals surface area contributed by atoms with Gasteiger partial charge in [0.2, 0.25) is 0 Å². The van der Waals surface area contributed by atoms with E-state index in [0.717, 1.165) is 0 Å². The second kappa shape index (κ2) is 17.0. The number of benzene rings is 1. The fourth-order valence-electron chi connectivity index (χ4n) is 4.36. The van der Waals surface area contributed by atoms with Gasteiger partial charge in [0.05, 0.1) is 0 Å². The van der Waals surface area contributed by atoms with Gasteiger partial charge in [0.1, 0.15) is 0 Å². The van der Waals surface area contributed by atoms with Gasteiger partial charge in [-0.25, -0.2) is 5.20 Å². The van der Waals surface area contributed by atoms with Crippen LogP contribution in [-0.4, -0.2) is 52.0 Å². The summed E-state index contributed by atoms with van der Waals surface area (Å²) < 4.78 is 9.11. The summed E-state index contributed by atoms with van der Waals surface area (Å²) in [6, 6.07) is 9.15. The minimum absolute atomic E-state index is 0. The first-order valence-corrected chi connectivity index (χ1v) is 32.0. The Bertz CT molecular complexity index is 827. The first-order valence-electron chi connectivity index (χ1n) is 14.6. The van der Waals surface area contributed by atoms with Crippen LogP contribution in [0.3, 0.4) is 0 Å². The third kappa shape index (κ3) is 12.8. The van der Waals surface area contributed by atoms with E-state index in [-0.39, 0.29) is 40.8 Å². The fraction of sp³-hybridized carbons (Fsp3) is 0.724. The van der Waals surface area contributed by atoms with Crippen molar-refractivity contribution in [3.05, 3.63) is 50.8 Å². The van der Waals surface area contributed by atoms with Crippen LogP contribution in [0.25, 0.3) is 14.5 Å². The Balaban J connectivity index is 0. The van der Waals surface area contributed by atoms with Crippen molar-refractivity contribution in [2.24, 2.45) is 0 Å². The van der Waals surface area contributed by atoms with E-state index in [4.69, 9.17) is 0 Å². The van der Waals surface area contributed by atoms with Crippen LogP contribution in [0, 0.1) is 46.9 Å². The topological polar surface area (TPSA) is 28.2 Å². The minimum atomic E-state index is -1.58. The van der Waals surface area contributed by atoms with E-state index in [2.05, 4.69) is 160 Å². The molecule has 0 aliphatic heterocycles. The van der Waals surface area contributed by atoms with Crippen molar-refractivity contribution < 1.29 is 40.8 Å². The monoisotopic (exact) mass is 749 g/mol. The zero-order valence-corrected chi connectivity index (χ0v) is 38.4. The number of fused-ring (bicyclic) bond motifs is 1. The van der Waals surface area contributed by atoms with Gasteiger partial charge < -0.3 is 9.30 Å². The fourth-order valence-corrected chi connectivity index (χ4v) is 18.6. The molecule has 0 amide bonds. The van der Waals surface area contributed by atoms with Crippen LogP contribution in [0.2, 0.25) is 88.6 Å². The Morgan fingerprint density at radius 1 is 0.658 bits per heavy atom. The summed E-state index contributed by atoms with van der Waals surface area (Å²) in [6.07, 6.45) is 4.09. The molecular weight excluding hydrogens is 689 g/mol. The van der Waals surface area contributed by atoms with Gasteiger partial charge in [0.15, 0.2) is 0 Å².